The van der Waals surface area contributed by atoms with Crippen molar-refractivity contribution in [3.8, 4) is 0 Å². The van der Waals surface area contributed by atoms with E-state index < -0.39 is 0 Å². The lowest BCUT2D eigenvalue weighted by Crippen LogP contribution is -2.43. The number of hydrogen-bond acceptors (Lipinski definition) is 4. The fourth-order valence-corrected chi connectivity index (χ4v) is 2.56. The fourth-order valence-electron chi connectivity index (χ4n) is 2.56. The highest BCUT2D eigenvalue weighted by Gasteiger charge is 2.21. The molecule has 0 aliphatic carbocycles. The Kier molecular flexibility index (Phi) is 4.18. The van der Waals surface area contributed by atoms with Crippen LogP contribution >= 0.6 is 0 Å². The lowest BCUT2D eigenvalue weighted by molar-refractivity contribution is 0.191. The Morgan fingerprint density at radius 1 is 1.32 bits per heavy atom. The van der Waals surface area contributed by atoms with Crippen LogP contribution in [0.2, 0.25) is 0 Å². The van der Waals surface area contributed by atoms with E-state index in [-0.39, 0.29) is 12.0 Å². The van der Waals surface area contributed by atoms with Crippen molar-refractivity contribution < 1.29 is 4.79 Å². The average molecular weight is 297 g/mol. The van der Waals surface area contributed by atoms with Crippen molar-refractivity contribution in [2.24, 2.45) is 0 Å². The van der Waals surface area contributed by atoms with E-state index >= 15 is 0 Å². The maximum Gasteiger partial charge on any atom is 0.317 e. The molecule has 0 unspecified atom stereocenters. The molecule has 3 N–H and O–H groups in total. The summed E-state index contributed by atoms with van der Waals surface area (Å²) in [6.45, 7) is 1.79. The predicted octanol–water partition coefficient (Wildman–Crippen LogP) is 1.37. The number of anilines is 1. The first-order chi connectivity index (χ1) is 10.7. The number of nitrogens with one attached hydrogen (secondary N) is 1. The first kappa shape index (κ1) is 14.3. The van der Waals surface area contributed by atoms with Gasteiger partial charge in [-0.1, -0.05) is 30.3 Å². The van der Waals surface area contributed by atoms with Crippen LogP contribution in [-0.2, 0) is 19.4 Å². The Balaban J connectivity index is 1.53. The molecule has 0 saturated heterocycles. The summed E-state index contributed by atoms with van der Waals surface area (Å²) in [5.74, 6) is 0.255. The number of nitrogens with zero attached hydrogens (tertiary/aromatic N) is 3. The van der Waals surface area contributed by atoms with E-state index in [1.807, 2.05) is 18.2 Å². The van der Waals surface area contributed by atoms with Crippen molar-refractivity contribution in [2.75, 3.05) is 18.8 Å². The zero-order valence-electron chi connectivity index (χ0n) is 12.3. The zero-order chi connectivity index (χ0) is 15.4. The van der Waals surface area contributed by atoms with Gasteiger partial charge in [0.15, 0.2) is 0 Å². The van der Waals surface area contributed by atoms with Gasteiger partial charge in [-0.15, -0.1) is 0 Å². The van der Waals surface area contributed by atoms with Crippen LogP contribution in [0.3, 0.4) is 0 Å². The van der Waals surface area contributed by atoms with Gasteiger partial charge >= 0.3 is 6.03 Å². The maximum absolute atomic E-state index is 12.2. The minimum Gasteiger partial charge on any atom is -0.368 e. The fraction of sp³-hybridized carbons (Fsp3) is 0.312. The molecule has 1 aromatic carbocycles. The summed E-state index contributed by atoms with van der Waals surface area (Å²) in [6, 6.07) is 10.1. The van der Waals surface area contributed by atoms with E-state index in [9.17, 15) is 4.79 Å². The second kappa shape index (κ2) is 6.43. The van der Waals surface area contributed by atoms with Crippen LogP contribution in [0.25, 0.3) is 0 Å². The van der Waals surface area contributed by atoms with Crippen LogP contribution in [0.5, 0.6) is 0 Å². The molecule has 22 heavy (non-hydrogen) atoms. The molecule has 1 aliphatic rings. The highest BCUT2D eigenvalue weighted by molar-refractivity contribution is 5.74. The third-order valence-corrected chi connectivity index (χ3v) is 3.78. The smallest absolute Gasteiger partial charge is 0.317 e. The average Bonchev–Trinajstić information content (AvgIpc) is 2.55. The summed E-state index contributed by atoms with van der Waals surface area (Å²) in [5, 5.41) is 2.96. The molecular formula is C16H19N5O. The molecule has 6 nitrogen and oxygen atoms in total. The van der Waals surface area contributed by atoms with E-state index in [0.29, 0.717) is 19.6 Å². The topological polar surface area (TPSA) is 84.1 Å². The van der Waals surface area contributed by atoms with Crippen LogP contribution in [-0.4, -0.2) is 34.0 Å². The van der Waals surface area contributed by atoms with Gasteiger partial charge in [0.1, 0.15) is 0 Å². The van der Waals surface area contributed by atoms with E-state index in [1.54, 1.807) is 11.1 Å². The summed E-state index contributed by atoms with van der Waals surface area (Å²) >= 11 is 0. The highest BCUT2D eigenvalue weighted by Crippen LogP contribution is 2.16. The number of rotatable bonds is 3. The molecule has 0 saturated carbocycles. The zero-order valence-corrected chi connectivity index (χ0v) is 12.3. The van der Waals surface area contributed by atoms with E-state index in [0.717, 1.165) is 24.1 Å². The highest BCUT2D eigenvalue weighted by atomic mass is 16.2. The lowest BCUT2D eigenvalue weighted by Gasteiger charge is -2.28. The number of aromatic nitrogens is 2. The Morgan fingerprint density at radius 2 is 2.14 bits per heavy atom. The van der Waals surface area contributed by atoms with E-state index in [4.69, 9.17) is 5.73 Å². The molecule has 2 heterocycles. The van der Waals surface area contributed by atoms with Crippen molar-refractivity contribution in [1.29, 1.82) is 0 Å². The number of benzene rings is 1. The predicted molar refractivity (Wildman–Crippen MR) is 84.1 cm³/mol. The number of carbonyl (C=O) groups excluding carboxylic acids is 1. The summed E-state index contributed by atoms with van der Waals surface area (Å²) in [6.07, 6.45) is 3.34. The number of carbonyl (C=O) groups is 1. The molecular weight excluding hydrogens is 278 g/mol. The molecule has 6 heteroatoms. The standard InChI is InChI=1S/C16H19N5O/c17-15-19-10-13-7-9-21(11-14(13)20-15)16(22)18-8-6-12-4-2-1-3-5-12/h1-5,10H,6-9,11H2,(H,18,22)(H2,17,19,20). The third kappa shape index (κ3) is 3.33. The number of hydrogen-bond donors (Lipinski definition) is 2. The minimum absolute atomic E-state index is 0.0567. The third-order valence-electron chi connectivity index (χ3n) is 3.78. The number of nitrogen functional groups attached to an aromatic ring is 1. The van der Waals surface area contributed by atoms with Crippen LogP contribution in [0.1, 0.15) is 16.8 Å². The molecule has 3 rings (SSSR count). The summed E-state index contributed by atoms with van der Waals surface area (Å²) in [5.41, 5.74) is 8.74. The summed E-state index contributed by atoms with van der Waals surface area (Å²) < 4.78 is 0. The van der Waals surface area contributed by atoms with Gasteiger partial charge in [-0.25, -0.2) is 14.8 Å². The first-order valence-electron chi connectivity index (χ1n) is 7.39. The molecule has 2 aromatic rings. The summed E-state index contributed by atoms with van der Waals surface area (Å²) in [4.78, 5) is 22.2. The van der Waals surface area contributed by atoms with Gasteiger partial charge in [-0.3, -0.25) is 0 Å². The molecule has 114 valence electrons. The second-order valence-electron chi connectivity index (χ2n) is 5.34. The molecule has 0 radical (unpaired) electrons. The molecule has 2 amide bonds. The largest absolute Gasteiger partial charge is 0.368 e. The van der Waals surface area contributed by atoms with Crippen LogP contribution in [0.4, 0.5) is 10.7 Å². The molecule has 0 atom stereocenters. The molecule has 0 spiro atoms. The quantitative estimate of drug-likeness (QED) is 0.896. The van der Waals surface area contributed by atoms with E-state index in [1.165, 1.54) is 5.56 Å². The number of fused-ring (bicyclic) bond motifs is 1. The molecule has 1 aliphatic heterocycles. The van der Waals surface area contributed by atoms with Crippen LogP contribution < -0.4 is 11.1 Å². The van der Waals surface area contributed by atoms with Crippen molar-refractivity contribution in [1.82, 2.24) is 20.2 Å². The monoisotopic (exact) mass is 297 g/mol. The van der Waals surface area contributed by atoms with Gasteiger partial charge in [0, 0.05) is 19.3 Å². The lowest BCUT2D eigenvalue weighted by atomic mass is 10.1. The van der Waals surface area contributed by atoms with Gasteiger partial charge in [0.25, 0.3) is 0 Å². The normalized spacial score (nSPS) is 13.5. The Morgan fingerprint density at radius 3 is 2.95 bits per heavy atom. The molecule has 1 aromatic heterocycles. The van der Waals surface area contributed by atoms with Gasteiger partial charge in [0.05, 0.1) is 12.2 Å². The Hall–Kier alpha value is -2.63. The SMILES string of the molecule is Nc1ncc2c(n1)CN(C(=O)NCCc1ccccc1)CC2. The Bertz CT molecular complexity index is 659. The van der Waals surface area contributed by atoms with Gasteiger partial charge in [0.2, 0.25) is 5.95 Å². The van der Waals surface area contributed by atoms with Gasteiger partial charge in [-0.2, -0.15) is 0 Å². The first-order valence-corrected chi connectivity index (χ1v) is 7.39. The second-order valence-corrected chi connectivity index (χ2v) is 5.34. The number of amides is 2. The minimum atomic E-state index is -0.0567. The van der Waals surface area contributed by atoms with E-state index in [2.05, 4.69) is 27.4 Å². The molecule has 0 fully saturated rings. The number of urea groups is 1. The van der Waals surface area contributed by atoms with Crippen molar-refractivity contribution >= 4 is 12.0 Å². The van der Waals surface area contributed by atoms with Gasteiger partial charge < -0.3 is 16.0 Å². The van der Waals surface area contributed by atoms with Crippen LogP contribution in [0, 0.1) is 0 Å². The van der Waals surface area contributed by atoms with Crippen molar-refractivity contribution in [3.63, 3.8) is 0 Å². The van der Waals surface area contributed by atoms with Crippen molar-refractivity contribution in [2.45, 2.75) is 19.4 Å². The Labute approximate surface area is 129 Å². The maximum atomic E-state index is 12.2. The summed E-state index contributed by atoms with van der Waals surface area (Å²) in [7, 11) is 0. The number of nitrogens with two attached hydrogens (primary N) is 1. The van der Waals surface area contributed by atoms with Crippen LogP contribution in [0.15, 0.2) is 36.5 Å². The molecule has 0 bridgehead atoms. The van der Waals surface area contributed by atoms with Gasteiger partial charge in [-0.05, 0) is 24.0 Å². The van der Waals surface area contributed by atoms with Crippen molar-refractivity contribution in [3.05, 3.63) is 53.3 Å².